The van der Waals surface area contributed by atoms with Gasteiger partial charge in [-0.25, -0.2) is 0 Å². The van der Waals surface area contributed by atoms with E-state index in [2.05, 4.69) is 4.90 Å². The summed E-state index contributed by atoms with van der Waals surface area (Å²) in [5, 5.41) is 8.46. The van der Waals surface area contributed by atoms with Gasteiger partial charge in [0.1, 0.15) is 0 Å². The van der Waals surface area contributed by atoms with E-state index in [0.29, 0.717) is 0 Å². The summed E-state index contributed by atoms with van der Waals surface area (Å²) in [7, 11) is 0. The lowest BCUT2D eigenvalue weighted by Crippen LogP contribution is -2.36. The van der Waals surface area contributed by atoms with Crippen molar-refractivity contribution >= 4 is 0 Å². The minimum atomic E-state index is 0.836. The molecule has 1 saturated heterocycles. The third kappa shape index (κ3) is 5.24. The van der Waals surface area contributed by atoms with Gasteiger partial charge in [0.15, 0.2) is 0 Å². The quantitative estimate of drug-likeness (QED) is 0.637. The van der Waals surface area contributed by atoms with Crippen molar-refractivity contribution < 1.29 is 9.84 Å². The maximum Gasteiger partial charge on any atom is 0.0799 e. The second kappa shape index (κ2) is 7.30. The van der Waals surface area contributed by atoms with Gasteiger partial charge in [-0.05, 0) is 19.4 Å². The topological polar surface area (TPSA) is 32.7 Å². The molecule has 1 radical (unpaired) electrons. The highest BCUT2D eigenvalue weighted by Crippen LogP contribution is 2.04. The summed E-state index contributed by atoms with van der Waals surface area (Å²) in [4.78, 5) is 2.45. The normalized spacial score (nSPS) is 19.2. The third-order valence-corrected chi connectivity index (χ3v) is 2.41. The molecule has 0 aromatic heterocycles. The summed E-state index contributed by atoms with van der Waals surface area (Å²) in [6, 6.07) is 0. The Hall–Kier alpha value is -0.120. The number of hydrogen-bond donors (Lipinski definition) is 1. The van der Waals surface area contributed by atoms with E-state index in [9.17, 15) is 0 Å². The summed E-state index contributed by atoms with van der Waals surface area (Å²) >= 11 is 0. The fraction of sp³-hybridized carbons (Fsp3) is 0.900. The maximum atomic E-state index is 8.46. The number of morpholine rings is 1. The molecule has 0 unspecified atom stereocenters. The standard InChI is InChI=1S/C10H20NO2/c12-8-4-2-1-3-5-11-6-9-13-10-7-11/h8,12H,1-7,9-10H2. The molecule has 0 bridgehead atoms. The predicted octanol–water partition coefficient (Wildman–Crippen LogP) is 1.41. The first kappa shape index (κ1) is 11.0. The van der Waals surface area contributed by atoms with E-state index in [1.54, 1.807) is 0 Å². The lowest BCUT2D eigenvalue weighted by molar-refractivity contribution is 0.0371. The molecule has 0 saturated carbocycles. The van der Waals surface area contributed by atoms with Gasteiger partial charge in [-0.2, -0.15) is 0 Å². The molecule has 1 aliphatic heterocycles. The molecule has 1 rings (SSSR count). The highest BCUT2D eigenvalue weighted by atomic mass is 16.5. The minimum Gasteiger partial charge on any atom is -0.390 e. The predicted molar refractivity (Wildman–Crippen MR) is 52.0 cm³/mol. The zero-order valence-corrected chi connectivity index (χ0v) is 8.24. The van der Waals surface area contributed by atoms with E-state index >= 15 is 0 Å². The van der Waals surface area contributed by atoms with Gasteiger partial charge >= 0.3 is 0 Å². The molecule has 3 nitrogen and oxygen atoms in total. The second-order valence-electron chi connectivity index (χ2n) is 3.49. The van der Waals surface area contributed by atoms with Crippen LogP contribution in [0.5, 0.6) is 0 Å². The Labute approximate surface area is 80.7 Å². The van der Waals surface area contributed by atoms with Gasteiger partial charge in [-0.3, -0.25) is 4.90 Å². The highest BCUT2D eigenvalue weighted by molar-refractivity contribution is 4.61. The lowest BCUT2D eigenvalue weighted by Gasteiger charge is -2.26. The number of hydrogen-bond acceptors (Lipinski definition) is 3. The first-order valence-corrected chi connectivity index (χ1v) is 5.19. The van der Waals surface area contributed by atoms with Crippen LogP contribution in [0.3, 0.4) is 0 Å². The number of unbranched alkanes of at least 4 members (excludes halogenated alkanes) is 3. The summed E-state index contributed by atoms with van der Waals surface area (Å²) in [6.07, 6.45) is 4.41. The Morgan fingerprint density at radius 3 is 2.62 bits per heavy atom. The van der Waals surface area contributed by atoms with Crippen LogP contribution in [-0.4, -0.2) is 42.9 Å². The lowest BCUT2D eigenvalue weighted by atomic mass is 10.2. The Morgan fingerprint density at radius 1 is 1.15 bits per heavy atom. The van der Waals surface area contributed by atoms with Crippen molar-refractivity contribution in [2.45, 2.75) is 25.7 Å². The molecule has 1 fully saturated rings. The Kier molecular flexibility index (Phi) is 6.15. The van der Waals surface area contributed by atoms with Crippen LogP contribution in [-0.2, 0) is 4.74 Å². The average Bonchev–Trinajstić information content (AvgIpc) is 2.19. The van der Waals surface area contributed by atoms with Crippen molar-refractivity contribution in [1.82, 2.24) is 4.90 Å². The molecule has 1 aliphatic rings. The molecule has 1 N–H and O–H groups in total. The van der Waals surface area contributed by atoms with E-state index < -0.39 is 0 Å². The molecule has 0 atom stereocenters. The van der Waals surface area contributed by atoms with E-state index in [1.807, 2.05) is 0 Å². The molecule has 0 aromatic rings. The summed E-state index contributed by atoms with van der Waals surface area (Å²) in [5.41, 5.74) is 0. The minimum absolute atomic E-state index is 0.836. The van der Waals surface area contributed by atoms with Crippen LogP contribution in [0.4, 0.5) is 0 Å². The molecule has 3 heteroatoms. The van der Waals surface area contributed by atoms with Gasteiger partial charge in [0.05, 0.1) is 19.8 Å². The first-order chi connectivity index (χ1) is 6.43. The Balaban J connectivity index is 1.86. The largest absolute Gasteiger partial charge is 0.390 e. The van der Waals surface area contributed by atoms with Crippen LogP contribution in [0.1, 0.15) is 25.7 Å². The molecule has 0 aromatic carbocycles. The van der Waals surface area contributed by atoms with Crippen molar-refractivity contribution in [3.05, 3.63) is 6.61 Å². The highest BCUT2D eigenvalue weighted by Gasteiger charge is 2.08. The van der Waals surface area contributed by atoms with Crippen LogP contribution in [0.15, 0.2) is 0 Å². The van der Waals surface area contributed by atoms with Gasteiger partial charge in [0, 0.05) is 13.1 Å². The molecule has 0 spiro atoms. The first-order valence-electron chi connectivity index (χ1n) is 5.19. The van der Waals surface area contributed by atoms with Gasteiger partial charge in [-0.1, -0.05) is 12.8 Å². The van der Waals surface area contributed by atoms with Gasteiger partial charge < -0.3 is 9.84 Å². The SMILES string of the molecule is O[CH]CCCCCN1CCOCC1. The molecule has 0 aliphatic carbocycles. The molecule has 1 heterocycles. The van der Waals surface area contributed by atoms with Crippen molar-refractivity contribution in [2.75, 3.05) is 32.8 Å². The van der Waals surface area contributed by atoms with Gasteiger partial charge in [-0.15, -0.1) is 0 Å². The Morgan fingerprint density at radius 2 is 1.92 bits per heavy atom. The number of ether oxygens (including phenoxy) is 1. The number of aliphatic hydroxyl groups is 1. The van der Waals surface area contributed by atoms with Gasteiger partial charge in [0.25, 0.3) is 0 Å². The van der Waals surface area contributed by atoms with Crippen LogP contribution in [0, 0.1) is 6.61 Å². The van der Waals surface area contributed by atoms with E-state index in [0.717, 1.165) is 39.1 Å². The second-order valence-corrected chi connectivity index (χ2v) is 3.49. The zero-order chi connectivity index (χ0) is 9.36. The van der Waals surface area contributed by atoms with E-state index in [1.165, 1.54) is 26.0 Å². The molecule has 13 heavy (non-hydrogen) atoms. The van der Waals surface area contributed by atoms with Crippen molar-refractivity contribution in [3.63, 3.8) is 0 Å². The van der Waals surface area contributed by atoms with Crippen molar-refractivity contribution in [2.24, 2.45) is 0 Å². The van der Waals surface area contributed by atoms with Crippen molar-refractivity contribution in [1.29, 1.82) is 0 Å². The van der Waals surface area contributed by atoms with Gasteiger partial charge in [0.2, 0.25) is 0 Å². The third-order valence-electron chi connectivity index (χ3n) is 2.41. The summed E-state index contributed by atoms with van der Waals surface area (Å²) in [6.45, 7) is 6.41. The van der Waals surface area contributed by atoms with E-state index in [-0.39, 0.29) is 0 Å². The fourth-order valence-electron chi connectivity index (χ4n) is 1.57. The summed E-state index contributed by atoms with van der Waals surface area (Å²) < 4.78 is 5.26. The fourth-order valence-corrected chi connectivity index (χ4v) is 1.57. The summed E-state index contributed by atoms with van der Waals surface area (Å²) in [5.74, 6) is 0. The van der Waals surface area contributed by atoms with Crippen LogP contribution in [0.25, 0.3) is 0 Å². The maximum absolute atomic E-state index is 8.46. The number of nitrogens with zero attached hydrogens (tertiary/aromatic N) is 1. The molecule has 0 amide bonds. The smallest absolute Gasteiger partial charge is 0.0799 e. The number of aliphatic hydroxyl groups excluding tert-OH is 1. The molecule has 77 valence electrons. The average molecular weight is 186 g/mol. The molecular formula is C10H20NO2. The van der Waals surface area contributed by atoms with Crippen LogP contribution in [0.2, 0.25) is 0 Å². The van der Waals surface area contributed by atoms with E-state index in [4.69, 9.17) is 9.84 Å². The van der Waals surface area contributed by atoms with Crippen molar-refractivity contribution in [3.8, 4) is 0 Å². The molecular weight excluding hydrogens is 166 g/mol. The van der Waals surface area contributed by atoms with Crippen LogP contribution < -0.4 is 0 Å². The monoisotopic (exact) mass is 186 g/mol. The van der Waals surface area contributed by atoms with Crippen LogP contribution >= 0.6 is 0 Å². The number of rotatable bonds is 6. The zero-order valence-electron chi connectivity index (χ0n) is 8.24. The Bertz CT molecular complexity index is 113.